The zero-order chi connectivity index (χ0) is 39.2. The third-order valence-corrected chi connectivity index (χ3v) is 10.8. The van der Waals surface area contributed by atoms with Gasteiger partial charge in [-0.05, 0) is 156 Å². The van der Waals surface area contributed by atoms with Crippen LogP contribution in [0.4, 0.5) is 0 Å². The lowest BCUT2D eigenvalue weighted by Crippen LogP contribution is -2.25. The van der Waals surface area contributed by atoms with Crippen LogP contribution in [0.1, 0.15) is 146 Å². The van der Waals surface area contributed by atoms with Crippen molar-refractivity contribution in [3.63, 3.8) is 0 Å². The van der Waals surface area contributed by atoms with Gasteiger partial charge < -0.3 is 19.0 Å². The minimum atomic E-state index is -0.524. The minimum absolute atomic E-state index is 0.272. The lowest BCUT2D eigenvalue weighted by atomic mass is 10.00. The molecule has 0 spiro atoms. The van der Waals surface area contributed by atoms with Crippen LogP contribution in [0.25, 0.3) is 21.8 Å². The van der Waals surface area contributed by atoms with Crippen molar-refractivity contribution in [2.45, 2.75) is 122 Å². The van der Waals surface area contributed by atoms with Gasteiger partial charge in [0.05, 0.1) is 22.5 Å². The Morgan fingerprint density at radius 3 is 1.75 bits per heavy atom. The van der Waals surface area contributed by atoms with Crippen molar-refractivity contribution in [2.75, 3.05) is 0 Å². The predicted octanol–water partition coefficient (Wildman–Crippen LogP) is 10.9. The van der Waals surface area contributed by atoms with Crippen LogP contribution in [0.5, 0.6) is 0 Å². The van der Waals surface area contributed by atoms with E-state index in [4.69, 9.17) is 14.5 Å². The van der Waals surface area contributed by atoms with Crippen LogP contribution in [0, 0.1) is 5.92 Å². The highest BCUT2D eigenvalue weighted by Crippen LogP contribution is 2.41. The molecule has 0 radical (unpaired) electrons. The lowest BCUT2D eigenvalue weighted by Gasteiger charge is -2.21. The number of hydrogen-bond acceptors (Lipinski definition) is 6. The smallest absolute Gasteiger partial charge is 0.340 e. The fourth-order valence-corrected chi connectivity index (χ4v) is 7.44. The number of carbonyl (C=O) groups excluding carboxylic acids is 2. The maximum Gasteiger partial charge on any atom is 0.340 e. The van der Waals surface area contributed by atoms with Gasteiger partial charge in [0.15, 0.2) is 0 Å². The number of benzene rings is 2. The number of carbonyl (C=O) groups is 2. The van der Waals surface area contributed by atoms with Gasteiger partial charge in [-0.2, -0.15) is 0 Å². The Labute approximate surface area is 330 Å². The predicted molar refractivity (Wildman–Crippen MR) is 221 cm³/mol. The monoisotopic (exact) mass is 750 g/mol. The van der Waals surface area contributed by atoms with E-state index in [1.165, 1.54) is 55.0 Å². The Balaban J connectivity index is 0.000000159. The summed E-state index contributed by atoms with van der Waals surface area (Å²) in [7, 11) is 0. The van der Waals surface area contributed by atoms with Crippen LogP contribution in [0.3, 0.4) is 0 Å². The molecule has 0 aliphatic heterocycles. The molecule has 3 saturated carbocycles. The molecular formula is C48H54N4O4. The van der Waals surface area contributed by atoms with Crippen LogP contribution in [-0.2, 0) is 28.9 Å². The molecule has 0 atom stereocenters. The number of ether oxygens (including phenoxy) is 2. The van der Waals surface area contributed by atoms with Crippen molar-refractivity contribution < 1.29 is 19.1 Å². The minimum Gasteiger partial charge on any atom is -0.456 e. The van der Waals surface area contributed by atoms with Gasteiger partial charge in [0.2, 0.25) is 0 Å². The van der Waals surface area contributed by atoms with E-state index < -0.39 is 11.2 Å². The third-order valence-electron chi connectivity index (χ3n) is 10.8. The third kappa shape index (κ3) is 9.07. The Bertz CT molecular complexity index is 2400. The van der Waals surface area contributed by atoms with Crippen LogP contribution in [0.15, 0.2) is 85.5 Å². The van der Waals surface area contributed by atoms with E-state index in [-0.39, 0.29) is 11.9 Å². The molecule has 1 N–H and O–H groups in total. The number of H-pyrrole nitrogens is 1. The van der Waals surface area contributed by atoms with Gasteiger partial charge in [-0.25, -0.2) is 9.59 Å². The maximum absolute atomic E-state index is 13.0. The molecule has 0 unspecified atom stereocenters. The summed E-state index contributed by atoms with van der Waals surface area (Å²) < 4.78 is 13.7. The molecule has 3 aliphatic carbocycles. The van der Waals surface area contributed by atoms with Gasteiger partial charge in [0.25, 0.3) is 0 Å². The highest BCUT2D eigenvalue weighted by atomic mass is 16.6. The molecule has 2 aromatic carbocycles. The SMILES string of the molecule is CC(C)(C)OC(=O)c1cc(C2CC2)cnc1Cc1cccc2[nH]ccc12.CC(C)(C)OC(=O)c1cc(C2CC2)cnc1Cc1cccc2c1ccn2CC1CC1. The molecule has 8 nitrogen and oxygen atoms in total. The molecule has 8 heteroatoms. The zero-order valence-electron chi connectivity index (χ0n) is 33.7. The quantitative estimate of drug-likeness (QED) is 0.140. The van der Waals surface area contributed by atoms with E-state index in [1.807, 2.05) is 78.3 Å². The van der Waals surface area contributed by atoms with Gasteiger partial charge in [-0.15, -0.1) is 0 Å². The molecule has 290 valence electrons. The number of pyridine rings is 2. The summed E-state index contributed by atoms with van der Waals surface area (Å²) in [4.78, 5) is 38.5. The van der Waals surface area contributed by atoms with Gasteiger partial charge >= 0.3 is 11.9 Å². The summed E-state index contributed by atoms with van der Waals surface area (Å²) in [6.45, 7) is 12.5. The van der Waals surface area contributed by atoms with Crippen molar-refractivity contribution in [2.24, 2.45) is 5.92 Å². The molecule has 0 bridgehead atoms. The van der Waals surface area contributed by atoms with Crippen LogP contribution in [0.2, 0.25) is 0 Å². The van der Waals surface area contributed by atoms with E-state index in [9.17, 15) is 9.59 Å². The molecule has 3 fully saturated rings. The summed E-state index contributed by atoms with van der Waals surface area (Å²) in [6, 6.07) is 20.9. The number of nitrogens with zero attached hydrogens (tertiary/aromatic N) is 3. The summed E-state index contributed by atoms with van der Waals surface area (Å²) >= 11 is 0. The second-order valence-corrected chi connectivity index (χ2v) is 18.0. The Morgan fingerprint density at radius 1 is 0.696 bits per heavy atom. The first-order chi connectivity index (χ1) is 26.8. The van der Waals surface area contributed by atoms with Crippen LogP contribution >= 0.6 is 0 Å². The van der Waals surface area contributed by atoms with Gasteiger partial charge in [0.1, 0.15) is 11.2 Å². The van der Waals surface area contributed by atoms with Gasteiger partial charge in [-0.1, -0.05) is 24.3 Å². The fraction of sp³-hybridized carbons (Fsp3) is 0.417. The van der Waals surface area contributed by atoms with Crippen molar-refractivity contribution in [1.82, 2.24) is 19.5 Å². The van der Waals surface area contributed by atoms with E-state index in [0.717, 1.165) is 51.4 Å². The largest absolute Gasteiger partial charge is 0.456 e. The standard InChI is InChI=1S/C26H30N2O2.C22H24N2O2/c1-26(2,3)30-25(29)22-13-20(18-9-10-18)15-27-23(22)14-19-5-4-6-24-21(19)11-12-28(24)16-17-7-8-17;1-22(2,3)26-21(25)18-11-16(14-7-8-14)13-24-20(18)12-15-5-4-6-19-17(15)9-10-23-19/h4-6,11-13,15,17-18H,7-10,14,16H2,1-3H3;4-6,9-11,13-14,23H,7-8,12H2,1-3H3. The molecule has 6 aromatic rings. The highest BCUT2D eigenvalue weighted by Gasteiger charge is 2.30. The van der Waals surface area contributed by atoms with Crippen molar-refractivity contribution >= 4 is 33.7 Å². The van der Waals surface area contributed by atoms with E-state index in [0.29, 0.717) is 35.8 Å². The van der Waals surface area contributed by atoms with Crippen molar-refractivity contribution in [1.29, 1.82) is 0 Å². The Hall–Kier alpha value is -5.24. The molecule has 4 heterocycles. The van der Waals surface area contributed by atoms with Gasteiger partial charge in [0, 0.05) is 66.0 Å². The second-order valence-electron chi connectivity index (χ2n) is 18.0. The topological polar surface area (TPSA) is 99.1 Å². The summed E-state index contributed by atoms with van der Waals surface area (Å²) in [5.41, 5.74) is 8.77. The molecule has 56 heavy (non-hydrogen) atoms. The molecule has 0 saturated heterocycles. The average Bonchev–Trinajstić information content (AvgIpc) is 4.05. The van der Waals surface area contributed by atoms with Gasteiger partial charge in [-0.3, -0.25) is 9.97 Å². The number of esters is 2. The van der Waals surface area contributed by atoms with E-state index >= 15 is 0 Å². The summed E-state index contributed by atoms with van der Waals surface area (Å²) in [6.07, 6.45) is 16.7. The van der Waals surface area contributed by atoms with Crippen LogP contribution < -0.4 is 0 Å². The number of nitrogens with one attached hydrogen (secondary N) is 1. The van der Waals surface area contributed by atoms with E-state index in [2.05, 4.69) is 63.2 Å². The number of fused-ring (bicyclic) bond motifs is 2. The number of hydrogen-bond donors (Lipinski definition) is 1. The normalized spacial score (nSPS) is 15.8. The summed E-state index contributed by atoms with van der Waals surface area (Å²) in [5.74, 6) is 1.37. The molecular weight excluding hydrogens is 697 g/mol. The van der Waals surface area contributed by atoms with Crippen molar-refractivity contribution in [3.05, 3.63) is 130 Å². The first-order valence-corrected chi connectivity index (χ1v) is 20.3. The Morgan fingerprint density at radius 2 is 1.23 bits per heavy atom. The zero-order valence-corrected chi connectivity index (χ0v) is 33.7. The molecule has 3 aliphatic rings. The lowest BCUT2D eigenvalue weighted by molar-refractivity contribution is 0.00551. The number of aromatic amines is 1. The average molecular weight is 751 g/mol. The summed E-state index contributed by atoms with van der Waals surface area (Å²) in [5, 5.41) is 2.41. The fourth-order valence-electron chi connectivity index (χ4n) is 7.44. The molecule has 4 aromatic heterocycles. The van der Waals surface area contributed by atoms with Crippen LogP contribution in [-0.4, -0.2) is 42.7 Å². The first-order valence-electron chi connectivity index (χ1n) is 20.3. The second kappa shape index (κ2) is 15.0. The number of rotatable bonds is 10. The first kappa shape index (κ1) is 37.7. The molecule has 0 amide bonds. The highest BCUT2D eigenvalue weighted by molar-refractivity contribution is 5.93. The molecule has 9 rings (SSSR count). The van der Waals surface area contributed by atoms with E-state index in [1.54, 1.807) is 0 Å². The van der Waals surface area contributed by atoms with Crippen molar-refractivity contribution in [3.8, 4) is 0 Å². The maximum atomic E-state index is 13.0. The Kier molecular flexibility index (Phi) is 10.1. The number of aromatic nitrogens is 4.